The number of carbonyl (C=O) groups excluding carboxylic acids is 2. The molecule has 0 atom stereocenters. The number of hydrogen-bond donors (Lipinski definition) is 1. The van der Waals surface area contributed by atoms with Gasteiger partial charge < -0.3 is 15.0 Å². The summed E-state index contributed by atoms with van der Waals surface area (Å²) in [5.74, 6) is 1.74. The molecule has 0 aliphatic rings. The smallest absolute Gasteiger partial charge is 0.253 e. The third kappa shape index (κ3) is 6.72. The van der Waals surface area contributed by atoms with Gasteiger partial charge in [0.1, 0.15) is 5.75 Å². The summed E-state index contributed by atoms with van der Waals surface area (Å²) in [4.78, 5) is 25.3. The molecule has 0 aliphatic carbocycles. The number of rotatable bonds is 8. The van der Waals surface area contributed by atoms with E-state index < -0.39 is 0 Å². The van der Waals surface area contributed by atoms with Crippen LogP contribution in [0.4, 0.5) is 5.69 Å². The maximum atomic E-state index is 12.0. The average molecular weight is 437 g/mol. The van der Waals surface area contributed by atoms with Gasteiger partial charge in [-0.05, 0) is 48.5 Å². The average Bonchev–Trinajstić information content (AvgIpc) is 2.63. The van der Waals surface area contributed by atoms with E-state index >= 15 is 0 Å². The summed E-state index contributed by atoms with van der Waals surface area (Å²) in [5.41, 5.74) is 1.27. The van der Waals surface area contributed by atoms with E-state index in [4.69, 9.17) is 4.74 Å². The Morgan fingerprint density at radius 3 is 2.35 bits per heavy atom. The summed E-state index contributed by atoms with van der Waals surface area (Å²) in [5, 5.41) is 2.82. The summed E-state index contributed by atoms with van der Waals surface area (Å²) < 4.78 is 6.62. The zero-order valence-electron chi connectivity index (χ0n) is 14.7. The third-order valence-corrected chi connectivity index (χ3v) is 4.82. The predicted molar refractivity (Wildman–Crippen MR) is 110 cm³/mol. The fourth-order valence-corrected chi connectivity index (χ4v) is 2.93. The van der Waals surface area contributed by atoms with Crippen LogP contribution in [-0.2, 0) is 4.79 Å². The van der Waals surface area contributed by atoms with E-state index in [0.717, 1.165) is 16.0 Å². The molecule has 2 aromatic carbocycles. The first kappa shape index (κ1) is 20.3. The molecule has 0 aromatic heterocycles. The Morgan fingerprint density at radius 2 is 1.73 bits per heavy atom. The van der Waals surface area contributed by atoms with E-state index in [2.05, 4.69) is 21.2 Å². The summed E-state index contributed by atoms with van der Waals surface area (Å²) >= 11 is 4.88. The fourth-order valence-electron chi connectivity index (χ4n) is 2.07. The molecule has 26 heavy (non-hydrogen) atoms. The molecule has 0 bridgehead atoms. The van der Waals surface area contributed by atoms with Gasteiger partial charge in [-0.15, -0.1) is 11.8 Å². The van der Waals surface area contributed by atoms with Crippen molar-refractivity contribution in [3.63, 3.8) is 0 Å². The Kier molecular flexibility index (Phi) is 8.00. The zero-order valence-corrected chi connectivity index (χ0v) is 17.1. The van der Waals surface area contributed by atoms with Crippen LogP contribution < -0.4 is 10.1 Å². The molecule has 0 fully saturated rings. The van der Waals surface area contributed by atoms with Crippen LogP contribution in [0.5, 0.6) is 5.75 Å². The van der Waals surface area contributed by atoms with Crippen molar-refractivity contribution in [2.24, 2.45) is 0 Å². The standard InChI is InChI=1S/C19H21BrN2O3S/c1-22(2)19(24)14-3-7-16(8-4-14)21-18(23)13-26-12-11-25-17-9-5-15(20)6-10-17/h3-10H,11-13H2,1-2H3,(H,21,23). The van der Waals surface area contributed by atoms with Gasteiger partial charge in [0.05, 0.1) is 12.4 Å². The number of hydrogen-bond acceptors (Lipinski definition) is 4. The van der Waals surface area contributed by atoms with Crippen LogP contribution in [-0.4, -0.2) is 48.9 Å². The number of nitrogens with zero attached hydrogens (tertiary/aromatic N) is 1. The summed E-state index contributed by atoms with van der Waals surface area (Å²) in [7, 11) is 3.41. The molecule has 0 unspecified atom stereocenters. The van der Waals surface area contributed by atoms with Gasteiger partial charge in [0.25, 0.3) is 5.91 Å². The van der Waals surface area contributed by atoms with E-state index in [9.17, 15) is 9.59 Å². The SMILES string of the molecule is CN(C)C(=O)c1ccc(NC(=O)CSCCOc2ccc(Br)cc2)cc1. The Balaban J connectivity index is 1.67. The van der Waals surface area contributed by atoms with Crippen LogP contribution in [0.25, 0.3) is 0 Å². The Bertz CT molecular complexity index is 733. The normalized spacial score (nSPS) is 10.3. The second-order valence-electron chi connectivity index (χ2n) is 5.68. The number of carbonyl (C=O) groups is 2. The molecular formula is C19H21BrN2O3S. The maximum absolute atomic E-state index is 12.0. The van der Waals surface area contributed by atoms with Crippen molar-refractivity contribution in [2.45, 2.75) is 0 Å². The van der Waals surface area contributed by atoms with E-state index in [1.54, 1.807) is 38.4 Å². The number of benzene rings is 2. The summed E-state index contributed by atoms with van der Waals surface area (Å²) in [6, 6.07) is 14.5. The van der Waals surface area contributed by atoms with Gasteiger partial charge in [0.2, 0.25) is 5.91 Å². The molecule has 0 radical (unpaired) electrons. The van der Waals surface area contributed by atoms with E-state index in [1.807, 2.05) is 24.3 Å². The topological polar surface area (TPSA) is 58.6 Å². The van der Waals surface area contributed by atoms with Crippen LogP contribution in [0, 0.1) is 0 Å². The van der Waals surface area contributed by atoms with Crippen LogP contribution in [0.3, 0.4) is 0 Å². The Morgan fingerprint density at radius 1 is 1.08 bits per heavy atom. The Hall–Kier alpha value is -1.99. The third-order valence-electron chi connectivity index (χ3n) is 3.36. The lowest BCUT2D eigenvalue weighted by atomic mass is 10.2. The molecule has 5 nitrogen and oxygen atoms in total. The highest BCUT2D eigenvalue weighted by atomic mass is 79.9. The fraction of sp³-hybridized carbons (Fsp3) is 0.263. The lowest BCUT2D eigenvalue weighted by molar-refractivity contribution is -0.113. The van der Waals surface area contributed by atoms with Crippen molar-refractivity contribution in [3.05, 3.63) is 58.6 Å². The first-order chi connectivity index (χ1) is 12.5. The van der Waals surface area contributed by atoms with Gasteiger partial charge in [0, 0.05) is 35.6 Å². The zero-order chi connectivity index (χ0) is 18.9. The van der Waals surface area contributed by atoms with Crippen molar-refractivity contribution < 1.29 is 14.3 Å². The van der Waals surface area contributed by atoms with Gasteiger partial charge in [-0.2, -0.15) is 0 Å². The van der Waals surface area contributed by atoms with Crippen molar-refractivity contribution in [2.75, 3.05) is 37.5 Å². The number of nitrogens with one attached hydrogen (secondary N) is 1. The number of thioether (sulfide) groups is 1. The minimum Gasteiger partial charge on any atom is -0.493 e. The Labute approximate surface area is 166 Å². The molecule has 2 rings (SSSR count). The molecule has 0 spiro atoms. The monoisotopic (exact) mass is 436 g/mol. The first-order valence-corrected chi connectivity index (χ1v) is 9.98. The minimum absolute atomic E-state index is 0.0656. The molecule has 0 heterocycles. The van der Waals surface area contributed by atoms with Crippen LogP contribution in [0.1, 0.15) is 10.4 Å². The quantitative estimate of drug-likeness (QED) is 0.637. The highest BCUT2D eigenvalue weighted by Gasteiger charge is 2.08. The van der Waals surface area contributed by atoms with Crippen molar-refractivity contribution in [1.29, 1.82) is 0 Å². The van der Waals surface area contributed by atoms with Crippen molar-refractivity contribution in [1.82, 2.24) is 4.90 Å². The van der Waals surface area contributed by atoms with Crippen LogP contribution in [0.15, 0.2) is 53.0 Å². The second-order valence-corrected chi connectivity index (χ2v) is 7.70. The summed E-state index contributed by atoms with van der Waals surface area (Å²) in [6.45, 7) is 0.543. The highest BCUT2D eigenvalue weighted by Crippen LogP contribution is 2.16. The molecule has 2 amide bonds. The molecule has 138 valence electrons. The number of ether oxygens (including phenoxy) is 1. The first-order valence-electron chi connectivity index (χ1n) is 8.03. The van der Waals surface area contributed by atoms with E-state index in [1.165, 1.54) is 16.7 Å². The van der Waals surface area contributed by atoms with Crippen LogP contribution >= 0.6 is 27.7 Å². The van der Waals surface area contributed by atoms with Gasteiger partial charge in [-0.1, -0.05) is 15.9 Å². The van der Waals surface area contributed by atoms with E-state index in [0.29, 0.717) is 23.6 Å². The molecule has 0 aliphatic heterocycles. The second kappa shape index (κ2) is 10.2. The highest BCUT2D eigenvalue weighted by molar-refractivity contribution is 9.10. The molecule has 0 saturated carbocycles. The van der Waals surface area contributed by atoms with Gasteiger partial charge in [0.15, 0.2) is 0 Å². The van der Waals surface area contributed by atoms with Gasteiger partial charge in [-0.25, -0.2) is 0 Å². The van der Waals surface area contributed by atoms with E-state index in [-0.39, 0.29) is 11.8 Å². The van der Waals surface area contributed by atoms with Crippen LogP contribution in [0.2, 0.25) is 0 Å². The maximum Gasteiger partial charge on any atom is 0.253 e. The van der Waals surface area contributed by atoms with Gasteiger partial charge in [-0.3, -0.25) is 9.59 Å². The van der Waals surface area contributed by atoms with Crippen molar-refractivity contribution >= 4 is 45.2 Å². The molecule has 0 saturated heterocycles. The van der Waals surface area contributed by atoms with Gasteiger partial charge >= 0.3 is 0 Å². The number of amides is 2. The number of halogens is 1. The largest absolute Gasteiger partial charge is 0.493 e. The molecular weight excluding hydrogens is 416 g/mol. The predicted octanol–water partition coefficient (Wildman–Crippen LogP) is 3.90. The lowest BCUT2D eigenvalue weighted by Gasteiger charge is -2.11. The molecule has 1 N–H and O–H groups in total. The summed E-state index contributed by atoms with van der Waals surface area (Å²) in [6.07, 6.45) is 0. The lowest BCUT2D eigenvalue weighted by Crippen LogP contribution is -2.21. The molecule has 2 aromatic rings. The minimum atomic E-state index is -0.0784. The molecule has 7 heteroatoms. The number of anilines is 1. The van der Waals surface area contributed by atoms with Crippen molar-refractivity contribution in [3.8, 4) is 5.75 Å².